The molecule has 0 unspecified atom stereocenters. The Balaban J connectivity index is 2.04. The molecular formula is C16H20O3S. The molecule has 0 radical (unpaired) electrons. The van der Waals surface area contributed by atoms with Crippen molar-refractivity contribution in [3.8, 4) is 11.5 Å². The Morgan fingerprint density at radius 3 is 2.50 bits per heavy atom. The van der Waals surface area contributed by atoms with Crippen LogP contribution in [0, 0.1) is 0 Å². The van der Waals surface area contributed by atoms with Gasteiger partial charge < -0.3 is 9.47 Å². The van der Waals surface area contributed by atoms with Crippen LogP contribution in [-0.2, 0) is 0 Å². The largest absolute Gasteiger partial charge is 0.497 e. The Bertz CT molecular complexity index is 533. The zero-order valence-electron chi connectivity index (χ0n) is 12.0. The maximum Gasteiger partial charge on any atom is 0.169 e. The van der Waals surface area contributed by atoms with Crippen molar-refractivity contribution in [2.75, 3.05) is 14.2 Å². The van der Waals surface area contributed by atoms with Crippen LogP contribution in [0.4, 0.5) is 0 Å². The molecule has 3 rings (SSSR count). The summed E-state index contributed by atoms with van der Waals surface area (Å²) in [6.07, 6.45) is 6.69. The lowest BCUT2D eigenvalue weighted by Crippen LogP contribution is -2.34. The average Bonchev–Trinajstić information content (AvgIpc) is 2.46. The van der Waals surface area contributed by atoms with Crippen LogP contribution in [0.5, 0.6) is 11.5 Å². The molecule has 0 aromatic heterocycles. The molecule has 1 spiro atoms. The Labute approximate surface area is 124 Å². The van der Waals surface area contributed by atoms with E-state index in [4.69, 9.17) is 9.47 Å². The lowest BCUT2D eigenvalue weighted by Gasteiger charge is -2.39. The molecule has 1 aromatic carbocycles. The number of ketones is 1. The van der Waals surface area contributed by atoms with Crippen LogP contribution in [0.2, 0.25) is 0 Å². The molecule has 0 amide bonds. The summed E-state index contributed by atoms with van der Waals surface area (Å²) in [6, 6.07) is 3.78. The molecule has 0 bridgehead atoms. The van der Waals surface area contributed by atoms with Gasteiger partial charge in [-0.3, -0.25) is 4.79 Å². The number of carbonyl (C=O) groups excluding carboxylic acids is 1. The van der Waals surface area contributed by atoms with Crippen LogP contribution < -0.4 is 9.47 Å². The van der Waals surface area contributed by atoms with Crippen LogP contribution >= 0.6 is 11.8 Å². The van der Waals surface area contributed by atoms with Crippen LogP contribution in [0.25, 0.3) is 0 Å². The summed E-state index contributed by atoms with van der Waals surface area (Å²) in [5, 5.41) is 0. The molecule has 1 aromatic rings. The highest BCUT2D eigenvalue weighted by atomic mass is 32.2. The van der Waals surface area contributed by atoms with Gasteiger partial charge in [-0.05, 0) is 18.9 Å². The van der Waals surface area contributed by atoms with E-state index in [0.29, 0.717) is 12.2 Å². The van der Waals surface area contributed by atoms with E-state index < -0.39 is 0 Å². The van der Waals surface area contributed by atoms with E-state index in [9.17, 15) is 4.79 Å². The van der Waals surface area contributed by atoms with E-state index in [2.05, 4.69) is 0 Å². The smallest absolute Gasteiger partial charge is 0.169 e. The maximum absolute atomic E-state index is 12.6. The van der Waals surface area contributed by atoms with Crippen LogP contribution in [-0.4, -0.2) is 24.7 Å². The molecule has 1 heterocycles. The van der Waals surface area contributed by atoms with Gasteiger partial charge >= 0.3 is 0 Å². The zero-order valence-corrected chi connectivity index (χ0v) is 12.8. The average molecular weight is 292 g/mol. The fourth-order valence-corrected chi connectivity index (χ4v) is 4.98. The number of benzene rings is 1. The Morgan fingerprint density at radius 1 is 1.10 bits per heavy atom. The molecule has 108 valence electrons. The summed E-state index contributed by atoms with van der Waals surface area (Å²) < 4.78 is 10.8. The second-order valence-corrected chi connectivity index (χ2v) is 7.16. The maximum atomic E-state index is 12.6. The first-order valence-corrected chi connectivity index (χ1v) is 7.97. The van der Waals surface area contributed by atoms with Gasteiger partial charge in [-0.1, -0.05) is 19.3 Å². The molecule has 1 aliphatic heterocycles. The normalized spacial score (nSPS) is 20.6. The van der Waals surface area contributed by atoms with Gasteiger partial charge in [-0.2, -0.15) is 0 Å². The number of ether oxygens (including phenoxy) is 2. The number of hydrogen-bond acceptors (Lipinski definition) is 4. The van der Waals surface area contributed by atoms with E-state index in [0.717, 1.165) is 29.1 Å². The SMILES string of the molecule is COc1cc(OC)c2c(c1)SC1(CCCCC1)CC2=O. The van der Waals surface area contributed by atoms with E-state index in [1.807, 2.05) is 17.8 Å². The molecule has 0 saturated heterocycles. The monoisotopic (exact) mass is 292 g/mol. The van der Waals surface area contributed by atoms with E-state index in [1.54, 1.807) is 20.3 Å². The number of thioether (sulfide) groups is 1. The number of Topliss-reactive ketones (excluding diaryl/α,β-unsaturated/α-hetero) is 1. The number of rotatable bonds is 2. The first kappa shape index (κ1) is 13.8. The summed E-state index contributed by atoms with van der Waals surface area (Å²) >= 11 is 1.86. The Hall–Kier alpha value is -1.16. The van der Waals surface area contributed by atoms with Gasteiger partial charge in [-0.25, -0.2) is 0 Å². The minimum absolute atomic E-state index is 0.111. The summed E-state index contributed by atoms with van der Waals surface area (Å²) in [5.41, 5.74) is 0.745. The molecule has 1 fully saturated rings. The van der Waals surface area contributed by atoms with Gasteiger partial charge in [-0.15, -0.1) is 11.8 Å². The van der Waals surface area contributed by atoms with Crippen LogP contribution in [0.1, 0.15) is 48.9 Å². The summed E-state index contributed by atoms with van der Waals surface area (Å²) in [7, 11) is 3.25. The van der Waals surface area contributed by atoms with E-state index in [-0.39, 0.29) is 10.5 Å². The van der Waals surface area contributed by atoms with Crippen molar-refractivity contribution in [3.05, 3.63) is 17.7 Å². The van der Waals surface area contributed by atoms with Gasteiger partial charge in [0.1, 0.15) is 11.5 Å². The third kappa shape index (κ3) is 2.30. The molecule has 2 aliphatic rings. The second kappa shape index (κ2) is 5.32. The minimum Gasteiger partial charge on any atom is -0.497 e. The molecule has 4 heteroatoms. The van der Waals surface area contributed by atoms with Crippen molar-refractivity contribution in [1.82, 2.24) is 0 Å². The van der Waals surface area contributed by atoms with Crippen molar-refractivity contribution in [2.45, 2.75) is 48.2 Å². The predicted octanol–water partition coefficient (Wildman–Crippen LogP) is 4.09. The molecule has 3 nitrogen and oxygen atoms in total. The topological polar surface area (TPSA) is 35.5 Å². The third-order valence-electron chi connectivity index (χ3n) is 4.35. The quantitative estimate of drug-likeness (QED) is 0.822. The van der Waals surface area contributed by atoms with E-state index in [1.165, 1.54) is 19.3 Å². The fourth-order valence-electron chi connectivity index (χ4n) is 3.33. The Morgan fingerprint density at radius 2 is 1.85 bits per heavy atom. The summed E-state index contributed by atoms with van der Waals surface area (Å²) in [6.45, 7) is 0. The third-order valence-corrected chi connectivity index (χ3v) is 5.88. The lowest BCUT2D eigenvalue weighted by atomic mass is 9.83. The molecule has 0 N–H and O–H groups in total. The van der Waals surface area contributed by atoms with Crippen LogP contribution in [0.3, 0.4) is 0 Å². The first-order chi connectivity index (χ1) is 9.67. The number of fused-ring (bicyclic) bond motifs is 1. The highest BCUT2D eigenvalue weighted by Gasteiger charge is 2.41. The van der Waals surface area contributed by atoms with E-state index >= 15 is 0 Å². The number of hydrogen-bond donors (Lipinski definition) is 0. The first-order valence-electron chi connectivity index (χ1n) is 7.16. The van der Waals surface area contributed by atoms with Gasteiger partial charge in [0.05, 0.1) is 19.8 Å². The predicted molar refractivity (Wildman–Crippen MR) is 80.2 cm³/mol. The molecule has 20 heavy (non-hydrogen) atoms. The fraction of sp³-hybridized carbons (Fsp3) is 0.562. The highest BCUT2D eigenvalue weighted by molar-refractivity contribution is 8.01. The van der Waals surface area contributed by atoms with Crippen molar-refractivity contribution in [1.29, 1.82) is 0 Å². The van der Waals surface area contributed by atoms with Crippen molar-refractivity contribution < 1.29 is 14.3 Å². The van der Waals surface area contributed by atoms with Gasteiger partial charge in [0.2, 0.25) is 0 Å². The molecule has 0 atom stereocenters. The molecule has 1 aliphatic carbocycles. The van der Waals surface area contributed by atoms with Crippen molar-refractivity contribution in [2.24, 2.45) is 0 Å². The standard InChI is InChI=1S/C16H20O3S/c1-18-11-8-13(19-2)15-12(17)10-16(20-14(15)9-11)6-4-3-5-7-16/h8-9H,3-7,10H2,1-2H3. The van der Waals surface area contributed by atoms with Gasteiger partial charge in [0.15, 0.2) is 5.78 Å². The van der Waals surface area contributed by atoms with Crippen LogP contribution in [0.15, 0.2) is 17.0 Å². The molecule has 1 saturated carbocycles. The summed E-state index contributed by atoms with van der Waals surface area (Å²) in [4.78, 5) is 13.6. The van der Waals surface area contributed by atoms with Crippen molar-refractivity contribution in [3.63, 3.8) is 0 Å². The van der Waals surface area contributed by atoms with Crippen molar-refractivity contribution >= 4 is 17.5 Å². The highest BCUT2D eigenvalue weighted by Crippen LogP contribution is 2.53. The summed E-state index contributed by atoms with van der Waals surface area (Å²) in [5.74, 6) is 1.62. The minimum atomic E-state index is 0.111. The van der Waals surface area contributed by atoms with Gasteiger partial charge in [0, 0.05) is 22.1 Å². The van der Waals surface area contributed by atoms with Gasteiger partial charge in [0.25, 0.3) is 0 Å². The second-order valence-electron chi connectivity index (χ2n) is 5.65. The number of carbonyl (C=O) groups is 1. The number of methoxy groups -OCH3 is 2. The lowest BCUT2D eigenvalue weighted by molar-refractivity contribution is 0.0950. The molecular weight excluding hydrogens is 272 g/mol. The zero-order chi connectivity index (χ0) is 14.2. The Kier molecular flexibility index (Phi) is 3.67.